The predicted molar refractivity (Wildman–Crippen MR) is 117 cm³/mol. The van der Waals surface area contributed by atoms with Crippen molar-refractivity contribution in [2.45, 2.75) is 40.7 Å². The zero-order valence-electron chi connectivity index (χ0n) is 17.9. The lowest BCUT2D eigenvalue weighted by atomic mass is 9.96. The third-order valence-corrected chi connectivity index (χ3v) is 5.99. The predicted octanol–water partition coefficient (Wildman–Crippen LogP) is 3.65. The van der Waals surface area contributed by atoms with Crippen molar-refractivity contribution in [2.75, 3.05) is 23.7 Å². The molecule has 1 amide bonds. The maximum absolute atomic E-state index is 12.6. The first kappa shape index (κ1) is 22.7. The topological polar surface area (TPSA) is 75.7 Å². The number of benzene rings is 2. The summed E-state index contributed by atoms with van der Waals surface area (Å²) in [6, 6.07) is 10.6. The number of anilines is 1. The van der Waals surface area contributed by atoms with Crippen molar-refractivity contribution in [1.82, 2.24) is 5.32 Å². The number of carbonyl (C=O) groups excluding carboxylic acids is 1. The fourth-order valence-corrected chi connectivity index (χ4v) is 4.08. The highest BCUT2D eigenvalue weighted by Gasteiger charge is 2.22. The van der Waals surface area contributed by atoms with Gasteiger partial charge in [-0.05, 0) is 81.1 Å². The van der Waals surface area contributed by atoms with Gasteiger partial charge in [-0.3, -0.25) is 9.10 Å². The van der Waals surface area contributed by atoms with Crippen LogP contribution in [0.5, 0.6) is 5.75 Å². The molecule has 0 saturated carbocycles. The van der Waals surface area contributed by atoms with Gasteiger partial charge in [-0.1, -0.05) is 12.1 Å². The van der Waals surface area contributed by atoms with E-state index in [1.807, 2.05) is 27.7 Å². The highest BCUT2D eigenvalue weighted by molar-refractivity contribution is 7.92. The number of hydrogen-bond donors (Lipinski definition) is 1. The summed E-state index contributed by atoms with van der Waals surface area (Å²) < 4.78 is 31.1. The molecular weight excluding hydrogens is 388 g/mol. The minimum Gasteiger partial charge on any atom is -0.494 e. The molecule has 6 nitrogen and oxygen atoms in total. The quantitative estimate of drug-likeness (QED) is 0.710. The van der Waals surface area contributed by atoms with E-state index in [1.54, 1.807) is 24.3 Å². The summed E-state index contributed by atoms with van der Waals surface area (Å²) in [6.45, 7) is 10.1. The largest absolute Gasteiger partial charge is 0.494 e. The second kappa shape index (κ2) is 9.31. The number of sulfonamides is 1. The number of rotatable bonds is 8. The Balaban J connectivity index is 2.17. The minimum absolute atomic E-state index is 0.233. The van der Waals surface area contributed by atoms with Gasteiger partial charge in [0.05, 0.1) is 24.6 Å². The van der Waals surface area contributed by atoms with E-state index in [9.17, 15) is 13.2 Å². The lowest BCUT2D eigenvalue weighted by Gasteiger charge is -2.24. The van der Waals surface area contributed by atoms with Gasteiger partial charge >= 0.3 is 0 Å². The molecule has 0 bridgehead atoms. The van der Waals surface area contributed by atoms with E-state index in [4.69, 9.17) is 4.74 Å². The molecule has 0 aliphatic carbocycles. The summed E-state index contributed by atoms with van der Waals surface area (Å²) in [5.74, 6) is 0.280. The molecule has 1 unspecified atom stereocenters. The normalized spacial score (nSPS) is 12.3. The Morgan fingerprint density at radius 3 is 2.21 bits per heavy atom. The van der Waals surface area contributed by atoms with Gasteiger partial charge in [0.2, 0.25) is 15.9 Å². The van der Waals surface area contributed by atoms with Crippen LogP contribution in [0.2, 0.25) is 0 Å². The summed E-state index contributed by atoms with van der Waals surface area (Å²) in [5, 5.41) is 2.92. The summed E-state index contributed by atoms with van der Waals surface area (Å²) in [6.07, 6.45) is 1.09. The van der Waals surface area contributed by atoms with Crippen LogP contribution in [0.25, 0.3) is 0 Å². The van der Waals surface area contributed by atoms with Crippen LogP contribution in [0, 0.1) is 20.8 Å². The van der Waals surface area contributed by atoms with Gasteiger partial charge in [-0.25, -0.2) is 8.42 Å². The zero-order valence-corrected chi connectivity index (χ0v) is 18.8. The summed E-state index contributed by atoms with van der Waals surface area (Å²) >= 11 is 0. The van der Waals surface area contributed by atoms with E-state index in [2.05, 4.69) is 24.4 Å². The van der Waals surface area contributed by atoms with Crippen LogP contribution >= 0.6 is 0 Å². The van der Waals surface area contributed by atoms with Crippen LogP contribution in [-0.4, -0.2) is 33.7 Å². The van der Waals surface area contributed by atoms with Crippen LogP contribution in [0.3, 0.4) is 0 Å². The van der Waals surface area contributed by atoms with Crippen molar-refractivity contribution in [2.24, 2.45) is 0 Å². The molecular formula is C22H30N2O4S. The van der Waals surface area contributed by atoms with Crippen LogP contribution in [0.4, 0.5) is 5.69 Å². The molecule has 0 radical (unpaired) electrons. The number of nitrogens with one attached hydrogen (secondary N) is 1. The molecule has 0 aliphatic rings. The molecule has 158 valence electrons. The molecule has 2 aromatic carbocycles. The third-order valence-electron chi connectivity index (χ3n) is 4.85. The fourth-order valence-electron chi connectivity index (χ4n) is 3.22. The Bertz CT molecular complexity index is 969. The first-order valence-electron chi connectivity index (χ1n) is 9.60. The molecule has 7 heteroatoms. The van der Waals surface area contributed by atoms with Gasteiger partial charge in [0.25, 0.3) is 0 Å². The first-order valence-corrected chi connectivity index (χ1v) is 11.5. The molecule has 0 heterocycles. The molecule has 1 N–H and O–H groups in total. The molecule has 0 saturated heterocycles. The van der Waals surface area contributed by atoms with Gasteiger partial charge in [0.15, 0.2) is 0 Å². The van der Waals surface area contributed by atoms with Crippen molar-refractivity contribution >= 4 is 21.6 Å². The Kier molecular flexibility index (Phi) is 7.30. The maximum Gasteiger partial charge on any atom is 0.241 e. The average Bonchev–Trinajstić information content (AvgIpc) is 2.63. The lowest BCUT2D eigenvalue weighted by Crippen LogP contribution is -2.41. The monoisotopic (exact) mass is 418 g/mol. The van der Waals surface area contributed by atoms with Gasteiger partial charge in [0, 0.05) is 0 Å². The fraction of sp³-hybridized carbons (Fsp3) is 0.409. The maximum atomic E-state index is 12.6. The van der Waals surface area contributed by atoms with Crippen LogP contribution in [0.1, 0.15) is 42.1 Å². The Morgan fingerprint density at radius 2 is 1.66 bits per heavy atom. The van der Waals surface area contributed by atoms with E-state index in [1.165, 1.54) is 5.56 Å². The Hall–Kier alpha value is -2.54. The van der Waals surface area contributed by atoms with Gasteiger partial charge in [-0.15, -0.1) is 0 Å². The van der Waals surface area contributed by atoms with E-state index in [0.29, 0.717) is 18.0 Å². The number of hydrogen-bond acceptors (Lipinski definition) is 4. The molecule has 2 rings (SSSR count). The van der Waals surface area contributed by atoms with Crippen molar-refractivity contribution in [1.29, 1.82) is 0 Å². The van der Waals surface area contributed by atoms with Gasteiger partial charge < -0.3 is 10.1 Å². The molecule has 0 fully saturated rings. The van der Waals surface area contributed by atoms with Crippen LogP contribution in [-0.2, 0) is 14.8 Å². The van der Waals surface area contributed by atoms with Gasteiger partial charge in [0.1, 0.15) is 12.3 Å². The number of aryl methyl sites for hydroxylation is 3. The lowest BCUT2D eigenvalue weighted by molar-refractivity contribution is -0.120. The Labute approximate surface area is 173 Å². The molecule has 0 aliphatic heterocycles. The molecule has 0 aromatic heterocycles. The SMILES string of the molecule is CCOc1ccc(N(CC(=O)NC(C)c2cc(C)c(C)cc2C)S(C)(=O)=O)cc1. The summed E-state index contributed by atoms with van der Waals surface area (Å²) in [7, 11) is -3.63. The molecule has 0 spiro atoms. The standard InChI is InChI=1S/C22H30N2O4S/c1-7-28-20-10-8-19(9-11-20)24(29(6,26)27)14-22(25)23-18(5)21-13-16(3)15(2)12-17(21)4/h8-13,18H,7,14H2,1-6H3,(H,23,25). The third kappa shape index (κ3) is 5.97. The first-order chi connectivity index (χ1) is 13.5. The highest BCUT2D eigenvalue weighted by atomic mass is 32.2. The molecule has 1 atom stereocenters. The second-order valence-corrected chi connectivity index (χ2v) is 9.19. The number of carbonyl (C=O) groups is 1. The number of ether oxygens (including phenoxy) is 1. The summed E-state index contributed by atoms with van der Waals surface area (Å²) in [4.78, 5) is 12.6. The summed E-state index contributed by atoms with van der Waals surface area (Å²) in [5.41, 5.74) is 4.88. The molecule has 2 aromatic rings. The molecule has 29 heavy (non-hydrogen) atoms. The Morgan fingerprint density at radius 1 is 1.07 bits per heavy atom. The van der Waals surface area contributed by atoms with E-state index >= 15 is 0 Å². The van der Waals surface area contributed by atoms with Crippen LogP contribution in [0.15, 0.2) is 36.4 Å². The van der Waals surface area contributed by atoms with Crippen molar-refractivity contribution < 1.29 is 17.9 Å². The van der Waals surface area contributed by atoms with E-state index < -0.39 is 10.0 Å². The van der Waals surface area contributed by atoms with Gasteiger partial charge in [-0.2, -0.15) is 0 Å². The van der Waals surface area contributed by atoms with E-state index in [0.717, 1.165) is 27.3 Å². The number of amides is 1. The highest BCUT2D eigenvalue weighted by Crippen LogP contribution is 2.23. The average molecular weight is 419 g/mol. The minimum atomic E-state index is -3.63. The van der Waals surface area contributed by atoms with Crippen molar-refractivity contribution in [3.05, 3.63) is 58.7 Å². The zero-order chi connectivity index (χ0) is 21.8. The van der Waals surface area contributed by atoms with E-state index in [-0.39, 0.29) is 18.5 Å². The smallest absolute Gasteiger partial charge is 0.241 e. The van der Waals surface area contributed by atoms with Crippen molar-refractivity contribution in [3.8, 4) is 5.75 Å². The van der Waals surface area contributed by atoms with Crippen molar-refractivity contribution in [3.63, 3.8) is 0 Å². The number of nitrogens with zero attached hydrogens (tertiary/aromatic N) is 1. The van der Waals surface area contributed by atoms with Crippen LogP contribution < -0.4 is 14.4 Å². The second-order valence-electron chi connectivity index (χ2n) is 7.28.